The summed E-state index contributed by atoms with van der Waals surface area (Å²) in [4.78, 5) is 15.4. The molecule has 2 N–H and O–H groups in total. The number of hydrogen-bond donors (Lipinski definition) is 2. The van der Waals surface area contributed by atoms with Gasteiger partial charge in [-0.2, -0.15) is 13.2 Å². The fraction of sp³-hybridized carbons (Fsp3) is 0.333. The molecule has 2 rings (SSSR count). The van der Waals surface area contributed by atoms with Gasteiger partial charge in [-0.05, 0) is 37.1 Å². The van der Waals surface area contributed by atoms with E-state index in [0.717, 1.165) is 18.3 Å². The molecular weight excluding hydrogens is 395 g/mol. The van der Waals surface area contributed by atoms with E-state index in [0.29, 0.717) is 11.1 Å². The Morgan fingerprint density at radius 2 is 1.75 bits per heavy atom. The molecule has 0 radical (unpaired) electrons. The zero-order chi connectivity index (χ0) is 20.9. The lowest BCUT2D eigenvalue weighted by molar-refractivity contribution is -0.141. The maximum Gasteiger partial charge on any atom is 0.433 e. The van der Waals surface area contributed by atoms with Crippen LogP contribution in [0.2, 0.25) is 0 Å². The Morgan fingerprint density at radius 3 is 2.29 bits per heavy atom. The molecule has 0 saturated heterocycles. The first kappa shape index (κ1) is 21.8. The third-order valence-corrected chi connectivity index (χ3v) is 5.16. The van der Waals surface area contributed by atoms with Crippen LogP contribution >= 0.6 is 0 Å². The summed E-state index contributed by atoms with van der Waals surface area (Å²) in [6.45, 7) is 3.44. The average molecular weight is 415 g/mol. The Morgan fingerprint density at radius 1 is 1.11 bits per heavy atom. The zero-order valence-corrected chi connectivity index (χ0v) is 16.1. The third-order valence-electron chi connectivity index (χ3n) is 3.63. The summed E-state index contributed by atoms with van der Waals surface area (Å²) in [6.07, 6.45) is -3.73. The fourth-order valence-electron chi connectivity index (χ4n) is 2.45. The van der Waals surface area contributed by atoms with E-state index in [4.69, 9.17) is 0 Å². The van der Waals surface area contributed by atoms with E-state index in [-0.39, 0.29) is 23.9 Å². The third kappa shape index (κ3) is 6.31. The highest BCUT2D eigenvalue weighted by Crippen LogP contribution is 2.27. The quantitative estimate of drug-likeness (QED) is 0.728. The van der Waals surface area contributed by atoms with Gasteiger partial charge in [0.15, 0.2) is 0 Å². The van der Waals surface area contributed by atoms with Crippen LogP contribution in [0.5, 0.6) is 0 Å². The first-order chi connectivity index (χ1) is 13.0. The van der Waals surface area contributed by atoms with E-state index in [9.17, 15) is 26.4 Å². The van der Waals surface area contributed by atoms with Crippen molar-refractivity contribution in [2.24, 2.45) is 0 Å². The number of benzene rings is 1. The molecular formula is C18H20F3N3O3S. The highest BCUT2D eigenvalue weighted by atomic mass is 32.2. The molecule has 0 fully saturated rings. The molecule has 0 aliphatic carbocycles. The van der Waals surface area contributed by atoms with Crippen LogP contribution in [0.15, 0.2) is 42.6 Å². The van der Waals surface area contributed by atoms with E-state index in [1.54, 1.807) is 38.1 Å². The second kappa shape index (κ2) is 8.70. The average Bonchev–Trinajstić information content (AvgIpc) is 2.58. The molecule has 1 amide bonds. The van der Waals surface area contributed by atoms with E-state index in [2.05, 4.69) is 15.0 Å². The number of alkyl halides is 3. The predicted octanol–water partition coefficient (Wildman–Crippen LogP) is 2.86. The van der Waals surface area contributed by atoms with E-state index >= 15 is 0 Å². The minimum Gasteiger partial charge on any atom is -0.348 e. The molecule has 1 heterocycles. The lowest BCUT2D eigenvalue weighted by Crippen LogP contribution is -2.32. The summed E-state index contributed by atoms with van der Waals surface area (Å²) >= 11 is 0. The number of aromatic nitrogens is 1. The summed E-state index contributed by atoms with van der Waals surface area (Å²) < 4.78 is 64.4. The minimum atomic E-state index is -4.58. The van der Waals surface area contributed by atoms with Crippen molar-refractivity contribution in [3.05, 3.63) is 65.0 Å². The summed E-state index contributed by atoms with van der Waals surface area (Å²) in [6, 6.07) is 8.22. The zero-order valence-electron chi connectivity index (χ0n) is 15.2. The van der Waals surface area contributed by atoms with E-state index < -0.39 is 27.8 Å². The van der Waals surface area contributed by atoms with Crippen molar-refractivity contribution in [1.82, 2.24) is 15.0 Å². The Labute approximate surface area is 161 Å². The van der Waals surface area contributed by atoms with Crippen LogP contribution in [0.4, 0.5) is 13.2 Å². The van der Waals surface area contributed by atoms with Crippen molar-refractivity contribution in [3.8, 4) is 0 Å². The maximum atomic E-state index is 12.5. The number of nitrogens with one attached hydrogen (secondary N) is 2. The Bertz CT molecular complexity index is 927. The van der Waals surface area contributed by atoms with Crippen LogP contribution in [0, 0.1) is 0 Å². The molecule has 1 aromatic carbocycles. The van der Waals surface area contributed by atoms with Crippen LogP contribution in [0.25, 0.3) is 0 Å². The lowest BCUT2D eigenvalue weighted by atomic mass is 10.1. The normalized spacial score (nSPS) is 12.2. The van der Waals surface area contributed by atoms with Crippen LogP contribution in [0.3, 0.4) is 0 Å². The number of halogens is 3. The van der Waals surface area contributed by atoms with Crippen molar-refractivity contribution in [1.29, 1.82) is 0 Å². The second-order valence-corrected chi connectivity index (χ2v) is 8.17. The number of pyridine rings is 1. The van der Waals surface area contributed by atoms with Gasteiger partial charge < -0.3 is 5.32 Å². The van der Waals surface area contributed by atoms with E-state index in [1.165, 1.54) is 0 Å². The molecule has 0 aliphatic heterocycles. The van der Waals surface area contributed by atoms with Crippen LogP contribution < -0.4 is 10.0 Å². The number of hydrogen-bond acceptors (Lipinski definition) is 4. The molecule has 0 unspecified atom stereocenters. The maximum absolute atomic E-state index is 12.5. The molecule has 2 aromatic rings. The monoisotopic (exact) mass is 415 g/mol. The molecule has 10 heteroatoms. The number of sulfonamides is 1. The summed E-state index contributed by atoms with van der Waals surface area (Å²) in [5.74, 6) is -0.863. The topological polar surface area (TPSA) is 88.2 Å². The van der Waals surface area contributed by atoms with Crippen molar-refractivity contribution in [3.63, 3.8) is 0 Å². The van der Waals surface area contributed by atoms with Crippen molar-refractivity contribution < 1.29 is 26.4 Å². The second-order valence-electron chi connectivity index (χ2n) is 6.41. The highest BCUT2D eigenvalue weighted by Gasteiger charge is 2.32. The highest BCUT2D eigenvalue weighted by molar-refractivity contribution is 7.88. The SMILES string of the molecule is CC(C)NS(=O)(=O)Cc1ccccc1CNC(=O)c1ccc(C(F)(F)F)nc1. The van der Waals surface area contributed by atoms with Gasteiger partial charge in [-0.15, -0.1) is 0 Å². The molecule has 152 valence electrons. The van der Waals surface area contributed by atoms with Gasteiger partial charge in [-0.1, -0.05) is 24.3 Å². The van der Waals surface area contributed by atoms with Gasteiger partial charge in [0.2, 0.25) is 10.0 Å². The lowest BCUT2D eigenvalue weighted by Gasteiger charge is -2.13. The molecule has 0 aliphatic rings. The number of carbonyl (C=O) groups is 1. The smallest absolute Gasteiger partial charge is 0.348 e. The molecule has 6 nitrogen and oxygen atoms in total. The number of amides is 1. The van der Waals surface area contributed by atoms with Crippen molar-refractivity contribution >= 4 is 15.9 Å². The number of carbonyl (C=O) groups excluding carboxylic acids is 1. The van der Waals surface area contributed by atoms with E-state index in [1.807, 2.05) is 0 Å². The number of nitrogens with zero attached hydrogens (tertiary/aromatic N) is 1. The Balaban J connectivity index is 2.07. The van der Waals surface area contributed by atoms with Crippen LogP contribution in [-0.2, 0) is 28.5 Å². The molecule has 0 spiro atoms. The van der Waals surface area contributed by atoms with Gasteiger partial charge in [0.05, 0.1) is 11.3 Å². The van der Waals surface area contributed by atoms with Crippen molar-refractivity contribution in [2.75, 3.05) is 0 Å². The standard InChI is InChI=1S/C18H20F3N3O3S/c1-12(2)24-28(26,27)11-15-6-4-3-5-13(15)9-23-17(25)14-7-8-16(22-10-14)18(19,20)21/h3-8,10,12,24H,9,11H2,1-2H3,(H,23,25). The van der Waals surface area contributed by atoms with Gasteiger partial charge in [0.25, 0.3) is 5.91 Å². The fourth-order valence-corrected chi connectivity index (χ4v) is 3.94. The molecule has 0 bridgehead atoms. The summed E-state index contributed by atoms with van der Waals surface area (Å²) in [5, 5.41) is 2.56. The minimum absolute atomic E-state index is 0.0211. The number of rotatable bonds is 7. The first-order valence-electron chi connectivity index (χ1n) is 8.36. The van der Waals surface area contributed by atoms with Gasteiger partial charge in [0, 0.05) is 18.8 Å². The molecule has 0 saturated carbocycles. The predicted molar refractivity (Wildman–Crippen MR) is 97.7 cm³/mol. The summed E-state index contributed by atoms with van der Waals surface area (Å²) in [7, 11) is -3.55. The molecule has 1 aromatic heterocycles. The molecule has 28 heavy (non-hydrogen) atoms. The van der Waals surface area contributed by atoms with Crippen molar-refractivity contribution in [2.45, 2.75) is 38.4 Å². The Hall–Kier alpha value is -2.46. The van der Waals surface area contributed by atoms with Gasteiger partial charge in [0.1, 0.15) is 5.69 Å². The van der Waals surface area contributed by atoms with Gasteiger partial charge in [-0.3, -0.25) is 9.78 Å². The largest absolute Gasteiger partial charge is 0.433 e. The Kier molecular flexibility index (Phi) is 6.78. The van der Waals surface area contributed by atoms with Crippen LogP contribution in [0.1, 0.15) is 41.0 Å². The van der Waals surface area contributed by atoms with Crippen LogP contribution in [-0.4, -0.2) is 25.4 Å². The van der Waals surface area contributed by atoms with Gasteiger partial charge in [-0.25, -0.2) is 13.1 Å². The molecule has 0 atom stereocenters. The first-order valence-corrected chi connectivity index (χ1v) is 10.0. The van der Waals surface area contributed by atoms with Gasteiger partial charge >= 0.3 is 6.18 Å². The summed E-state index contributed by atoms with van der Waals surface area (Å²) in [5.41, 5.74) is -0.0109.